The number of nitrogens with one attached hydrogen (secondary N) is 1. The maximum absolute atomic E-state index is 4.60. The van der Waals surface area contributed by atoms with Gasteiger partial charge in [0.15, 0.2) is 0 Å². The highest BCUT2D eigenvalue weighted by atomic mass is 16.6. The first-order valence-electron chi connectivity index (χ1n) is 4.24. The molecule has 0 unspecified atom stereocenters. The summed E-state index contributed by atoms with van der Waals surface area (Å²) < 4.78 is 6.52. The zero-order chi connectivity index (χ0) is 9.97. The lowest BCUT2D eigenvalue weighted by Crippen LogP contribution is -2.06. The summed E-state index contributed by atoms with van der Waals surface area (Å²) in [6.45, 7) is 0. The standard InChI is InChI=1S/C9H10N4O/c1-13(2)6-10-7-3-4-8-9(5-7)12-14-11-8/h3-6H,1-2H3/p+1. The fourth-order valence-electron chi connectivity index (χ4n) is 1.08. The third kappa shape index (κ3) is 1.71. The zero-order valence-electron chi connectivity index (χ0n) is 8.06. The van der Waals surface area contributed by atoms with Crippen LogP contribution in [-0.4, -0.2) is 35.3 Å². The lowest BCUT2D eigenvalue weighted by Gasteiger charge is -1.93. The van der Waals surface area contributed by atoms with E-state index in [-0.39, 0.29) is 0 Å². The third-order valence-corrected chi connectivity index (χ3v) is 1.74. The molecule has 1 aromatic carbocycles. The molecule has 0 atom stereocenters. The first-order valence-corrected chi connectivity index (χ1v) is 4.24. The third-order valence-electron chi connectivity index (χ3n) is 1.74. The highest BCUT2D eigenvalue weighted by Crippen LogP contribution is 2.14. The van der Waals surface area contributed by atoms with Crippen molar-refractivity contribution in [3.63, 3.8) is 0 Å². The van der Waals surface area contributed by atoms with Gasteiger partial charge in [-0.15, -0.1) is 0 Å². The van der Waals surface area contributed by atoms with Crippen molar-refractivity contribution in [1.82, 2.24) is 10.3 Å². The summed E-state index contributed by atoms with van der Waals surface area (Å²) in [5, 5.41) is 10.6. The molecule has 0 radical (unpaired) electrons. The summed E-state index contributed by atoms with van der Waals surface area (Å²) in [4.78, 5) is 0. The summed E-state index contributed by atoms with van der Waals surface area (Å²) in [5.74, 6) is 0. The summed E-state index contributed by atoms with van der Waals surface area (Å²) in [5.41, 5.74) is 2.48. The van der Waals surface area contributed by atoms with E-state index in [4.69, 9.17) is 0 Å². The minimum Gasteiger partial charge on any atom is -0.273 e. The Bertz CT molecular complexity index is 470. The van der Waals surface area contributed by atoms with Gasteiger partial charge in [0, 0.05) is 6.07 Å². The number of hydrogen-bond donors (Lipinski definition) is 1. The normalized spacial score (nSPS) is 10.1. The average molecular weight is 191 g/mol. The van der Waals surface area contributed by atoms with Crippen molar-refractivity contribution in [1.29, 1.82) is 0 Å². The number of anilines is 1. The molecule has 72 valence electrons. The molecule has 0 saturated heterocycles. The van der Waals surface area contributed by atoms with Crippen molar-refractivity contribution in [2.45, 2.75) is 0 Å². The van der Waals surface area contributed by atoms with E-state index in [0.717, 1.165) is 16.7 Å². The maximum atomic E-state index is 4.60. The Balaban J connectivity index is 2.30. The van der Waals surface area contributed by atoms with E-state index in [9.17, 15) is 0 Å². The number of rotatable bonds is 2. The van der Waals surface area contributed by atoms with Crippen LogP contribution in [0.2, 0.25) is 0 Å². The second kappa shape index (κ2) is 3.45. The van der Waals surface area contributed by atoms with Gasteiger partial charge < -0.3 is 0 Å². The molecule has 2 aromatic rings. The van der Waals surface area contributed by atoms with Crippen LogP contribution in [-0.2, 0) is 0 Å². The first-order chi connectivity index (χ1) is 6.75. The molecule has 0 bridgehead atoms. The van der Waals surface area contributed by atoms with Crippen LogP contribution in [0.3, 0.4) is 0 Å². The number of benzene rings is 1. The molecular formula is C9H11N4O+. The van der Waals surface area contributed by atoms with Gasteiger partial charge >= 0.3 is 0 Å². The molecule has 1 aromatic heterocycles. The molecule has 0 aliphatic rings. The van der Waals surface area contributed by atoms with E-state index < -0.39 is 0 Å². The molecular weight excluding hydrogens is 180 g/mol. The van der Waals surface area contributed by atoms with Crippen LogP contribution >= 0.6 is 0 Å². The van der Waals surface area contributed by atoms with Crippen molar-refractivity contribution in [3.05, 3.63) is 18.2 Å². The summed E-state index contributed by atoms with van der Waals surface area (Å²) >= 11 is 0. The van der Waals surface area contributed by atoms with Gasteiger partial charge in [-0.1, -0.05) is 0 Å². The Labute approximate surface area is 81.0 Å². The fourth-order valence-corrected chi connectivity index (χ4v) is 1.08. The predicted molar refractivity (Wildman–Crippen MR) is 53.6 cm³/mol. The van der Waals surface area contributed by atoms with Gasteiger partial charge in [0.2, 0.25) is 6.34 Å². The number of nitrogens with zero attached hydrogens (tertiary/aromatic N) is 3. The topological polar surface area (TPSA) is 54.0 Å². The molecule has 5 nitrogen and oxygen atoms in total. The lowest BCUT2D eigenvalue weighted by molar-refractivity contribution is -0.459. The van der Waals surface area contributed by atoms with E-state index in [2.05, 4.69) is 20.3 Å². The van der Waals surface area contributed by atoms with E-state index >= 15 is 0 Å². The van der Waals surface area contributed by atoms with E-state index in [0.29, 0.717) is 0 Å². The van der Waals surface area contributed by atoms with Crippen LogP contribution in [0.1, 0.15) is 0 Å². The largest absolute Gasteiger partial charge is 0.273 e. The minimum absolute atomic E-state index is 0.752. The minimum atomic E-state index is 0.752. The Morgan fingerprint density at radius 2 is 2.07 bits per heavy atom. The molecule has 5 heteroatoms. The van der Waals surface area contributed by atoms with Crippen LogP contribution in [0.4, 0.5) is 5.69 Å². The van der Waals surface area contributed by atoms with E-state index in [1.54, 1.807) is 0 Å². The summed E-state index contributed by atoms with van der Waals surface area (Å²) in [6, 6.07) is 5.66. The van der Waals surface area contributed by atoms with Crippen molar-refractivity contribution < 1.29 is 9.20 Å². The van der Waals surface area contributed by atoms with Gasteiger partial charge in [0.05, 0.1) is 14.1 Å². The molecule has 0 fully saturated rings. The van der Waals surface area contributed by atoms with Crippen molar-refractivity contribution in [3.8, 4) is 0 Å². The lowest BCUT2D eigenvalue weighted by atomic mass is 10.3. The molecule has 2 rings (SSSR count). The molecule has 1 heterocycles. The fraction of sp³-hybridized carbons (Fsp3) is 0.222. The van der Waals surface area contributed by atoms with Crippen LogP contribution in [0.15, 0.2) is 22.8 Å². The summed E-state index contributed by atoms with van der Waals surface area (Å²) in [7, 11) is 3.90. The Morgan fingerprint density at radius 1 is 1.29 bits per heavy atom. The predicted octanol–water partition coefficient (Wildman–Crippen LogP) is 0.935. The summed E-state index contributed by atoms with van der Waals surface area (Å²) in [6.07, 6.45) is 1.86. The molecule has 0 saturated carbocycles. The molecule has 1 N–H and O–H groups in total. The zero-order valence-corrected chi connectivity index (χ0v) is 8.06. The van der Waals surface area contributed by atoms with Crippen LogP contribution in [0.5, 0.6) is 0 Å². The van der Waals surface area contributed by atoms with Gasteiger partial charge in [-0.2, -0.15) is 0 Å². The van der Waals surface area contributed by atoms with Crippen LogP contribution < -0.4 is 5.32 Å². The number of fused-ring (bicyclic) bond motifs is 1. The van der Waals surface area contributed by atoms with Crippen molar-refractivity contribution in [2.24, 2.45) is 0 Å². The number of aromatic nitrogens is 2. The van der Waals surface area contributed by atoms with Crippen LogP contribution in [0.25, 0.3) is 11.0 Å². The van der Waals surface area contributed by atoms with Gasteiger partial charge in [-0.25, -0.2) is 9.95 Å². The number of hydrogen-bond acceptors (Lipinski definition) is 3. The highest BCUT2D eigenvalue weighted by Gasteiger charge is 2.02. The van der Waals surface area contributed by atoms with Crippen molar-refractivity contribution in [2.75, 3.05) is 19.4 Å². The van der Waals surface area contributed by atoms with E-state index in [1.165, 1.54) is 0 Å². The van der Waals surface area contributed by atoms with E-state index in [1.807, 2.05) is 43.2 Å². The Kier molecular flexibility index (Phi) is 2.14. The molecule has 14 heavy (non-hydrogen) atoms. The second-order valence-corrected chi connectivity index (χ2v) is 3.20. The average Bonchev–Trinajstić information content (AvgIpc) is 2.61. The van der Waals surface area contributed by atoms with Crippen LogP contribution in [0, 0.1) is 0 Å². The van der Waals surface area contributed by atoms with Gasteiger partial charge in [-0.3, -0.25) is 4.58 Å². The highest BCUT2D eigenvalue weighted by molar-refractivity contribution is 5.82. The van der Waals surface area contributed by atoms with Gasteiger partial charge in [0.1, 0.15) is 16.7 Å². The van der Waals surface area contributed by atoms with Gasteiger partial charge in [0.25, 0.3) is 0 Å². The second-order valence-electron chi connectivity index (χ2n) is 3.20. The maximum Gasteiger partial charge on any atom is 0.236 e. The smallest absolute Gasteiger partial charge is 0.236 e. The Hall–Kier alpha value is -1.91. The van der Waals surface area contributed by atoms with Crippen molar-refractivity contribution >= 4 is 23.1 Å². The molecule has 0 spiro atoms. The van der Waals surface area contributed by atoms with Gasteiger partial charge in [-0.05, 0) is 22.4 Å². The molecule has 0 aliphatic carbocycles. The first kappa shape index (κ1) is 8.68. The molecule has 0 aliphatic heterocycles. The monoisotopic (exact) mass is 191 g/mol. The quantitative estimate of drug-likeness (QED) is 0.436. The SMILES string of the molecule is C[N+](C)=CNc1ccc2nonc2c1. The Morgan fingerprint density at radius 3 is 2.86 bits per heavy atom. The molecule has 0 amide bonds.